The molecule has 0 aromatic carbocycles. The summed E-state index contributed by atoms with van der Waals surface area (Å²) in [6, 6.07) is 2.04. The number of hydrogen-bond acceptors (Lipinski definition) is 5. The van der Waals surface area contributed by atoms with Gasteiger partial charge in [-0.2, -0.15) is 10.2 Å². The Morgan fingerprint density at radius 2 is 2.47 bits per heavy atom. The summed E-state index contributed by atoms with van der Waals surface area (Å²) in [5.41, 5.74) is 0. The van der Waals surface area contributed by atoms with Gasteiger partial charge in [0.2, 0.25) is 5.89 Å². The molecule has 1 heterocycles. The monoisotopic (exact) mass is 208 g/mol. The number of carbonyl (C=O) groups is 1. The van der Waals surface area contributed by atoms with Gasteiger partial charge >= 0.3 is 0 Å². The molecule has 1 unspecified atom stereocenters. The summed E-state index contributed by atoms with van der Waals surface area (Å²) >= 11 is 0. The molecule has 0 spiro atoms. The molecule has 1 aromatic heterocycles. The number of amides is 1. The molecule has 0 aliphatic rings. The minimum absolute atomic E-state index is 0.00411. The fourth-order valence-electron chi connectivity index (χ4n) is 1.04. The molecule has 1 amide bonds. The first-order valence-corrected chi connectivity index (χ1v) is 4.61. The zero-order chi connectivity index (χ0) is 11.3. The van der Waals surface area contributed by atoms with Crippen LogP contribution in [0.3, 0.4) is 0 Å². The van der Waals surface area contributed by atoms with Crippen LogP contribution in [0.4, 0.5) is 0 Å². The maximum atomic E-state index is 11.1. The first-order chi connectivity index (χ1) is 7.19. The second-order valence-corrected chi connectivity index (χ2v) is 3.13. The average Bonchev–Trinajstić information content (AvgIpc) is 2.74. The van der Waals surface area contributed by atoms with Gasteiger partial charge in [0.1, 0.15) is 0 Å². The minimum Gasteiger partial charge on any atom is -0.352 e. The zero-order valence-corrected chi connectivity index (χ0v) is 8.65. The summed E-state index contributed by atoms with van der Waals surface area (Å²) in [5, 5.41) is 14.3. The Labute approximate surface area is 87.3 Å². The second kappa shape index (κ2) is 5.10. The number of nitriles is 1. The molecular weight excluding hydrogens is 196 g/mol. The third kappa shape index (κ3) is 2.77. The predicted molar refractivity (Wildman–Crippen MR) is 51.0 cm³/mol. The Balaban J connectivity index is 2.67. The van der Waals surface area contributed by atoms with E-state index in [1.165, 1.54) is 7.05 Å². The highest BCUT2D eigenvalue weighted by Gasteiger charge is 2.17. The zero-order valence-electron chi connectivity index (χ0n) is 8.65. The van der Waals surface area contributed by atoms with Gasteiger partial charge in [0, 0.05) is 19.4 Å². The van der Waals surface area contributed by atoms with E-state index in [0.717, 1.165) is 0 Å². The van der Waals surface area contributed by atoms with Crippen LogP contribution >= 0.6 is 0 Å². The Hall–Kier alpha value is -1.90. The highest BCUT2D eigenvalue weighted by molar-refractivity contribution is 5.89. The molecule has 0 bridgehead atoms. The molecule has 0 aliphatic carbocycles. The molecule has 0 radical (unpaired) electrons. The van der Waals surface area contributed by atoms with E-state index in [0.29, 0.717) is 18.7 Å². The van der Waals surface area contributed by atoms with Crippen LogP contribution in [-0.2, 0) is 0 Å². The lowest BCUT2D eigenvalue weighted by Gasteiger charge is -2.00. The molecule has 1 atom stereocenters. The van der Waals surface area contributed by atoms with Gasteiger partial charge < -0.3 is 9.84 Å². The van der Waals surface area contributed by atoms with Crippen LogP contribution in [0.5, 0.6) is 0 Å². The van der Waals surface area contributed by atoms with E-state index in [-0.39, 0.29) is 17.6 Å². The van der Waals surface area contributed by atoms with Gasteiger partial charge in [0.05, 0.1) is 6.07 Å². The summed E-state index contributed by atoms with van der Waals surface area (Å²) in [5.74, 6) is 0.0354. The average molecular weight is 208 g/mol. The van der Waals surface area contributed by atoms with E-state index < -0.39 is 0 Å². The topological polar surface area (TPSA) is 91.8 Å². The van der Waals surface area contributed by atoms with Crippen molar-refractivity contribution in [2.45, 2.75) is 25.7 Å². The molecular formula is C9H12N4O2. The van der Waals surface area contributed by atoms with Crippen LogP contribution in [-0.4, -0.2) is 23.1 Å². The summed E-state index contributed by atoms with van der Waals surface area (Å²) < 4.78 is 4.92. The summed E-state index contributed by atoms with van der Waals surface area (Å²) in [6.45, 7) is 1.87. The Morgan fingerprint density at radius 3 is 3.07 bits per heavy atom. The van der Waals surface area contributed by atoms with Gasteiger partial charge in [-0.25, -0.2) is 0 Å². The highest BCUT2D eigenvalue weighted by Crippen LogP contribution is 2.17. The fourth-order valence-corrected chi connectivity index (χ4v) is 1.04. The van der Waals surface area contributed by atoms with Crippen molar-refractivity contribution in [3.63, 3.8) is 0 Å². The van der Waals surface area contributed by atoms with E-state index in [2.05, 4.69) is 15.5 Å². The maximum Gasteiger partial charge on any atom is 0.292 e. The minimum atomic E-state index is -0.377. The molecule has 0 fully saturated rings. The molecule has 1 N–H and O–H groups in total. The van der Waals surface area contributed by atoms with Gasteiger partial charge in [0.15, 0.2) is 0 Å². The van der Waals surface area contributed by atoms with E-state index in [1.54, 1.807) is 0 Å². The number of hydrogen-bond donors (Lipinski definition) is 1. The quantitative estimate of drug-likeness (QED) is 0.791. The molecule has 1 rings (SSSR count). The van der Waals surface area contributed by atoms with Crippen molar-refractivity contribution in [2.75, 3.05) is 7.05 Å². The van der Waals surface area contributed by atoms with Crippen molar-refractivity contribution in [3.05, 3.63) is 11.7 Å². The number of rotatable bonds is 4. The molecule has 6 heteroatoms. The molecule has 15 heavy (non-hydrogen) atoms. The molecule has 80 valence electrons. The first kappa shape index (κ1) is 11.2. The van der Waals surface area contributed by atoms with Crippen LogP contribution in [0, 0.1) is 11.3 Å². The third-order valence-electron chi connectivity index (χ3n) is 1.98. The van der Waals surface area contributed by atoms with E-state index in [4.69, 9.17) is 9.78 Å². The van der Waals surface area contributed by atoms with Crippen molar-refractivity contribution < 1.29 is 9.32 Å². The SMILES string of the molecule is CNC(=O)c1noc(C(C)CCC#N)n1. The Bertz CT molecular complexity index is 380. The van der Waals surface area contributed by atoms with Crippen LogP contribution in [0.2, 0.25) is 0 Å². The lowest BCUT2D eigenvalue weighted by Crippen LogP contribution is -2.19. The normalized spacial score (nSPS) is 11.8. The van der Waals surface area contributed by atoms with E-state index in [1.807, 2.05) is 13.0 Å². The maximum absolute atomic E-state index is 11.1. The Kier molecular flexibility index (Phi) is 3.80. The van der Waals surface area contributed by atoms with Gasteiger partial charge in [-0.05, 0) is 6.42 Å². The van der Waals surface area contributed by atoms with Crippen molar-refractivity contribution >= 4 is 5.91 Å². The van der Waals surface area contributed by atoms with Gasteiger partial charge in [0.25, 0.3) is 11.7 Å². The molecule has 0 saturated heterocycles. The van der Waals surface area contributed by atoms with Crippen LogP contribution < -0.4 is 5.32 Å². The standard InChI is InChI=1S/C9H12N4O2/c1-6(4-3-5-10)9-12-7(13-15-9)8(14)11-2/h6H,3-4H2,1-2H3,(H,11,14). The summed E-state index contributed by atoms with van der Waals surface area (Å²) in [7, 11) is 1.50. The third-order valence-corrected chi connectivity index (χ3v) is 1.98. The molecule has 1 aromatic rings. The van der Waals surface area contributed by atoms with Gasteiger partial charge in [-0.3, -0.25) is 4.79 Å². The lowest BCUT2D eigenvalue weighted by atomic mass is 10.1. The smallest absolute Gasteiger partial charge is 0.292 e. The van der Waals surface area contributed by atoms with Crippen molar-refractivity contribution in [1.29, 1.82) is 5.26 Å². The number of aromatic nitrogens is 2. The molecule has 0 aliphatic heterocycles. The van der Waals surface area contributed by atoms with Crippen molar-refractivity contribution in [1.82, 2.24) is 15.5 Å². The predicted octanol–water partition coefficient (Wildman–Crippen LogP) is 0.836. The fraction of sp³-hybridized carbons (Fsp3) is 0.556. The van der Waals surface area contributed by atoms with Gasteiger partial charge in [-0.1, -0.05) is 12.1 Å². The molecule has 6 nitrogen and oxygen atoms in total. The lowest BCUT2D eigenvalue weighted by molar-refractivity contribution is 0.0950. The second-order valence-electron chi connectivity index (χ2n) is 3.13. The Morgan fingerprint density at radius 1 is 1.73 bits per heavy atom. The van der Waals surface area contributed by atoms with Crippen molar-refractivity contribution in [2.24, 2.45) is 0 Å². The molecule has 0 saturated carbocycles. The van der Waals surface area contributed by atoms with Gasteiger partial charge in [-0.15, -0.1) is 0 Å². The summed E-state index contributed by atoms with van der Waals surface area (Å²) in [4.78, 5) is 15.0. The van der Waals surface area contributed by atoms with Crippen LogP contribution in [0.15, 0.2) is 4.52 Å². The highest BCUT2D eigenvalue weighted by atomic mass is 16.5. The number of nitrogens with zero attached hydrogens (tertiary/aromatic N) is 3. The summed E-state index contributed by atoms with van der Waals surface area (Å²) in [6.07, 6.45) is 1.07. The first-order valence-electron chi connectivity index (χ1n) is 4.61. The largest absolute Gasteiger partial charge is 0.352 e. The van der Waals surface area contributed by atoms with Crippen molar-refractivity contribution in [3.8, 4) is 6.07 Å². The number of nitrogens with one attached hydrogen (secondary N) is 1. The van der Waals surface area contributed by atoms with Crippen LogP contribution in [0.25, 0.3) is 0 Å². The van der Waals surface area contributed by atoms with E-state index in [9.17, 15) is 4.79 Å². The van der Waals surface area contributed by atoms with Crippen LogP contribution in [0.1, 0.15) is 42.2 Å². The van der Waals surface area contributed by atoms with E-state index >= 15 is 0 Å². The number of carbonyl (C=O) groups excluding carboxylic acids is 1.